The summed E-state index contributed by atoms with van der Waals surface area (Å²) in [4.78, 5) is 35.2. The molecule has 0 spiro atoms. The third-order valence-corrected chi connectivity index (χ3v) is 3.81. The van der Waals surface area contributed by atoms with E-state index in [1.165, 1.54) is 6.21 Å². The van der Waals surface area contributed by atoms with Crippen molar-refractivity contribution in [2.45, 2.75) is 20.3 Å². The maximum absolute atomic E-state index is 12.1. The molecule has 0 atom stereocenters. The number of ether oxygens (including phenoxy) is 2. The topological polar surface area (TPSA) is 118 Å². The standard InChI is InChI=1S/C22H26N4O5/c1-3-12-23-21(28)22(29)26-24-14-16-10-11-18(19(13-16)30-4-2)31-15-20(27)25-17-8-6-5-7-9-17/h5-11,13-14H,3-4,12,15H2,1-2H3,(H,23,28)(H,25,27)(H,26,29)/b24-14-. The van der Waals surface area contributed by atoms with E-state index in [1.807, 2.05) is 32.0 Å². The normalized spacial score (nSPS) is 10.4. The molecule has 0 unspecified atom stereocenters. The van der Waals surface area contributed by atoms with Gasteiger partial charge in [-0.1, -0.05) is 25.1 Å². The summed E-state index contributed by atoms with van der Waals surface area (Å²) in [5.74, 6) is -1.08. The molecule has 0 aromatic heterocycles. The largest absolute Gasteiger partial charge is 0.490 e. The van der Waals surface area contributed by atoms with Gasteiger partial charge in [-0.15, -0.1) is 0 Å². The van der Waals surface area contributed by atoms with Crippen LogP contribution in [0, 0.1) is 0 Å². The Bertz CT molecular complexity index is 915. The number of hydrogen-bond acceptors (Lipinski definition) is 6. The third-order valence-electron chi connectivity index (χ3n) is 3.81. The summed E-state index contributed by atoms with van der Waals surface area (Å²) >= 11 is 0. The monoisotopic (exact) mass is 426 g/mol. The molecule has 2 rings (SSSR count). The van der Waals surface area contributed by atoms with Crippen LogP contribution in [0.1, 0.15) is 25.8 Å². The Morgan fingerprint density at radius 2 is 1.74 bits per heavy atom. The first kappa shape index (κ1) is 23.4. The second-order valence-corrected chi connectivity index (χ2v) is 6.30. The van der Waals surface area contributed by atoms with E-state index in [-0.39, 0.29) is 12.5 Å². The highest BCUT2D eigenvalue weighted by Gasteiger charge is 2.12. The molecule has 0 aliphatic heterocycles. The number of carbonyl (C=O) groups is 3. The summed E-state index contributed by atoms with van der Waals surface area (Å²) in [5, 5.41) is 8.97. The quantitative estimate of drug-likeness (QED) is 0.305. The minimum Gasteiger partial charge on any atom is -0.490 e. The summed E-state index contributed by atoms with van der Waals surface area (Å²) in [6.45, 7) is 4.32. The summed E-state index contributed by atoms with van der Waals surface area (Å²) in [5.41, 5.74) is 3.45. The number of para-hydroxylation sites is 1. The van der Waals surface area contributed by atoms with Crippen molar-refractivity contribution >= 4 is 29.6 Å². The maximum atomic E-state index is 12.1. The molecule has 0 aliphatic carbocycles. The van der Waals surface area contributed by atoms with Crippen molar-refractivity contribution in [3.63, 3.8) is 0 Å². The van der Waals surface area contributed by atoms with Gasteiger partial charge in [0.2, 0.25) is 0 Å². The van der Waals surface area contributed by atoms with E-state index in [4.69, 9.17) is 9.47 Å². The van der Waals surface area contributed by atoms with Crippen molar-refractivity contribution in [3.05, 3.63) is 54.1 Å². The molecule has 0 aliphatic rings. The zero-order valence-corrected chi connectivity index (χ0v) is 17.5. The van der Waals surface area contributed by atoms with Gasteiger partial charge in [-0.3, -0.25) is 14.4 Å². The van der Waals surface area contributed by atoms with Crippen LogP contribution in [0.15, 0.2) is 53.6 Å². The number of hydrazone groups is 1. The maximum Gasteiger partial charge on any atom is 0.329 e. The highest BCUT2D eigenvalue weighted by molar-refractivity contribution is 6.35. The molecule has 2 aromatic carbocycles. The molecular weight excluding hydrogens is 400 g/mol. The van der Waals surface area contributed by atoms with Gasteiger partial charge in [0.1, 0.15) is 0 Å². The smallest absolute Gasteiger partial charge is 0.329 e. The average Bonchev–Trinajstić information content (AvgIpc) is 2.77. The second kappa shape index (κ2) is 12.6. The molecule has 164 valence electrons. The van der Waals surface area contributed by atoms with E-state index in [9.17, 15) is 14.4 Å². The van der Waals surface area contributed by atoms with Crippen molar-refractivity contribution in [2.75, 3.05) is 25.1 Å². The van der Waals surface area contributed by atoms with E-state index in [1.54, 1.807) is 30.3 Å². The van der Waals surface area contributed by atoms with Crippen LogP contribution in [-0.4, -0.2) is 43.7 Å². The third kappa shape index (κ3) is 8.17. The first-order valence-corrected chi connectivity index (χ1v) is 9.89. The van der Waals surface area contributed by atoms with Gasteiger partial charge in [0.15, 0.2) is 18.1 Å². The molecule has 9 heteroatoms. The Morgan fingerprint density at radius 1 is 0.968 bits per heavy atom. The molecule has 9 nitrogen and oxygen atoms in total. The predicted octanol–water partition coefficient (Wildman–Crippen LogP) is 2.08. The van der Waals surface area contributed by atoms with Gasteiger partial charge in [-0.05, 0) is 49.2 Å². The Hall–Kier alpha value is -3.88. The highest BCUT2D eigenvalue weighted by Crippen LogP contribution is 2.28. The van der Waals surface area contributed by atoms with Crippen molar-refractivity contribution in [3.8, 4) is 11.5 Å². The molecule has 0 saturated carbocycles. The fraction of sp³-hybridized carbons (Fsp3) is 0.273. The molecule has 3 N–H and O–H groups in total. The number of nitrogens with one attached hydrogen (secondary N) is 3. The molecule has 31 heavy (non-hydrogen) atoms. The molecule has 0 fully saturated rings. The van der Waals surface area contributed by atoms with Gasteiger partial charge >= 0.3 is 11.8 Å². The number of hydrogen-bond donors (Lipinski definition) is 3. The zero-order valence-electron chi connectivity index (χ0n) is 17.5. The fourth-order valence-corrected chi connectivity index (χ4v) is 2.39. The summed E-state index contributed by atoms with van der Waals surface area (Å²) in [6, 6.07) is 14.0. The van der Waals surface area contributed by atoms with Gasteiger partial charge in [0.25, 0.3) is 5.91 Å². The van der Waals surface area contributed by atoms with Crippen LogP contribution in [0.4, 0.5) is 5.69 Å². The van der Waals surface area contributed by atoms with Crippen LogP contribution in [0.2, 0.25) is 0 Å². The molecular formula is C22H26N4O5. The number of benzene rings is 2. The molecule has 3 amide bonds. The van der Waals surface area contributed by atoms with Crippen LogP contribution in [-0.2, 0) is 14.4 Å². The summed E-state index contributed by atoms with van der Waals surface area (Å²) < 4.78 is 11.2. The second-order valence-electron chi connectivity index (χ2n) is 6.30. The van der Waals surface area contributed by atoms with Crippen LogP contribution in [0.25, 0.3) is 0 Å². The lowest BCUT2D eigenvalue weighted by Gasteiger charge is -2.12. The minimum absolute atomic E-state index is 0.189. The van der Waals surface area contributed by atoms with E-state index in [0.29, 0.717) is 35.9 Å². The van der Waals surface area contributed by atoms with Crippen molar-refractivity contribution < 1.29 is 23.9 Å². The van der Waals surface area contributed by atoms with E-state index >= 15 is 0 Å². The molecule has 0 saturated heterocycles. The number of anilines is 1. The van der Waals surface area contributed by atoms with E-state index < -0.39 is 11.8 Å². The lowest BCUT2D eigenvalue weighted by Crippen LogP contribution is -2.38. The zero-order chi connectivity index (χ0) is 22.5. The van der Waals surface area contributed by atoms with E-state index in [2.05, 4.69) is 21.2 Å². The van der Waals surface area contributed by atoms with Crippen molar-refractivity contribution in [1.29, 1.82) is 0 Å². The fourth-order valence-electron chi connectivity index (χ4n) is 2.39. The molecule has 0 bridgehead atoms. The first-order valence-electron chi connectivity index (χ1n) is 9.89. The van der Waals surface area contributed by atoms with Gasteiger partial charge in [0, 0.05) is 12.2 Å². The minimum atomic E-state index is -0.848. The Morgan fingerprint density at radius 3 is 2.45 bits per heavy atom. The van der Waals surface area contributed by atoms with Gasteiger partial charge in [-0.25, -0.2) is 5.43 Å². The van der Waals surface area contributed by atoms with Crippen LogP contribution in [0.3, 0.4) is 0 Å². The first-order chi connectivity index (χ1) is 15.0. The molecule has 0 radical (unpaired) electrons. The number of rotatable bonds is 10. The van der Waals surface area contributed by atoms with Gasteiger partial charge in [0.05, 0.1) is 12.8 Å². The Kier molecular flexibility index (Phi) is 9.54. The lowest BCUT2D eigenvalue weighted by atomic mass is 10.2. The van der Waals surface area contributed by atoms with Crippen LogP contribution >= 0.6 is 0 Å². The number of carbonyl (C=O) groups excluding carboxylic acids is 3. The van der Waals surface area contributed by atoms with Gasteiger partial charge < -0.3 is 20.1 Å². The van der Waals surface area contributed by atoms with E-state index in [0.717, 1.165) is 6.42 Å². The predicted molar refractivity (Wildman–Crippen MR) is 117 cm³/mol. The lowest BCUT2D eigenvalue weighted by molar-refractivity contribution is -0.139. The molecule has 0 heterocycles. The highest BCUT2D eigenvalue weighted by atomic mass is 16.5. The van der Waals surface area contributed by atoms with Gasteiger partial charge in [-0.2, -0.15) is 5.10 Å². The van der Waals surface area contributed by atoms with Crippen molar-refractivity contribution in [1.82, 2.24) is 10.7 Å². The average molecular weight is 426 g/mol. The van der Waals surface area contributed by atoms with Crippen LogP contribution < -0.4 is 25.5 Å². The summed E-state index contributed by atoms with van der Waals surface area (Å²) in [6.07, 6.45) is 2.10. The van der Waals surface area contributed by atoms with Crippen molar-refractivity contribution in [2.24, 2.45) is 5.10 Å². The molecule has 2 aromatic rings. The SMILES string of the molecule is CCCNC(=O)C(=O)N/N=C\c1ccc(OCC(=O)Nc2ccccc2)c(OCC)c1. The Balaban J connectivity index is 1.94. The number of nitrogens with zero attached hydrogens (tertiary/aromatic N) is 1. The Labute approximate surface area is 180 Å². The summed E-state index contributed by atoms with van der Waals surface area (Å²) in [7, 11) is 0. The number of amides is 3. The van der Waals surface area contributed by atoms with Crippen LogP contribution in [0.5, 0.6) is 11.5 Å².